The largest absolute Gasteiger partial charge is 0.338 e. The monoisotopic (exact) mass is 299 g/mol. The fourth-order valence-corrected chi connectivity index (χ4v) is 2.48. The first-order valence-corrected chi connectivity index (χ1v) is 7.22. The van der Waals surface area contributed by atoms with E-state index in [1.165, 1.54) is 10.8 Å². The van der Waals surface area contributed by atoms with Crippen molar-refractivity contribution in [2.75, 3.05) is 38.1 Å². The smallest absolute Gasteiger partial charge is 0.270 e. The first kappa shape index (κ1) is 14.4. The fourth-order valence-electron chi connectivity index (χ4n) is 2.48. The highest BCUT2D eigenvalue weighted by atomic mass is 16.1. The maximum absolute atomic E-state index is 12.0. The Morgan fingerprint density at radius 1 is 1.23 bits per heavy atom. The van der Waals surface area contributed by atoms with Gasteiger partial charge in [-0.1, -0.05) is 0 Å². The Bertz CT molecular complexity index is 771. The summed E-state index contributed by atoms with van der Waals surface area (Å²) in [5.41, 5.74) is 0.813. The summed E-state index contributed by atoms with van der Waals surface area (Å²) in [5, 5.41) is 8.75. The molecule has 1 fully saturated rings. The number of likely N-dealkylation sites (N-methyl/N-ethyl adjacent to an activating group) is 1. The summed E-state index contributed by atoms with van der Waals surface area (Å²) in [4.78, 5) is 29.3. The molecular weight excluding hydrogens is 282 g/mol. The molecule has 2 aromatic heterocycles. The molecule has 0 N–H and O–H groups in total. The molecule has 0 atom stereocenters. The Kier molecular flexibility index (Phi) is 3.98. The Morgan fingerprint density at radius 3 is 2.73 bits per heavy atom. The van der Waals surface area contributed by atoms with Gasteiger partial charge in [-0.15, -0.1) is 0 Å². The minimum Gasteiger partial charge on any atom is -0.338 e. The summed E-state index contributed by atoms with van der Waals surface area (Å²) in [6.07, 6.45) is 3.14. The van der Waals surface area contributed by atoms with E-state index in [1.807, 2.05) is 0 Å². The van der Waals surface area contributed by atoms with Crippen molar-refractivity contribution >= 4 is 17.1 Å². The number of fused-ring (bicyclic) bond motifs is 1. The van der Waals surface area contributed by atoms with E-state index < -0.39 is 0 Å². The molecule has 8 nitrogen and oxygen atoms in total. The summed E-state index contributed by atoms with van der Waals surface area (Å²) >= 11 is 0. The van der Waals surface area contributed by atoms with E-state index in [4.69, 9.17) is 5.26 Å². The summed E-state index contributed by atoms with van der Waals surface area (Å²) in [6.45, 7) is 3.92. The van der Waals surface area contributed by atoms with Crippen LogP contribution in [0.15, 0.2) is 17.2 Å². The number of aryl methyl sites for hydroxylation is 1. The molecule has 8 heteroatoms. The van der Waals surface area contributed by atoms with E-state index >= 15 is 0 Å². The van der Waals surface area contributed by atoms with Crippen molar-refractivity contribution in [1.82, 2.24) is 24.4 Å². The van der Waals surface area contributed by atoms with Crippen molar-refractivity contribution < 1.29 is 0 Å². The Morgan fingerprint density at radius 2 is 2.00 bits per heavy atom. The number of hydrogen-bond donors (Lipinski definition) is 0. The zero-order valence-corrected chi connectivity index (χ0v) is 12.4. The lowest BCUT2D eigenvalue weighted by Gasteiger charge is -2.32. The second kappa shape index (κ2) is 6.07. The number of aromatic nitrogens is 4. The lowest BCUT2D eigenvalue weighted by molar-refractivity contribution is 0.311. The topological polar surface area (TPSA) is 90.9 Å². The van der Waals surface area contributed by atoms with Crippen molar-refractivity contribution in [3.8, 4) is 6.07 Å². The first-order valence-electron chi connectivity index (χ1n) is 7.22. The zero-order chi connectivity index (χ0) is 15.5. The van der Waals surface area contributed by atoms with Gasteiger partial charge in [0, 0.05) is 32.7 Å². The van der Waals surface area contributed by atoms with Crippen LogP contribution in [0.4, 0.5) is 5.95 Å². The Hall–Kier alpha value is -2.53. The van der Waals surface area contributed by atoms with Crippen molar-refractivity contribution in [3.63, 3.8) is 0 Å². The first-order chi connectivity index (χ1) is 10.7. The van der Waals surface area contributed by atoms with Crippen LogP contribution >= 0.6 is 0 Å². The van der Waals surface area contributed by atoms with Gasteiger partial charge in [-0.05, 0) is 7.05 Å². The fraction of sp³-hybridized carbons (Fsp3) is 0.500. The molecule has 0 aliphatic carbocycles. The molecule has 0 saturated carbocycles. The van der Waals surface area contributed by atoms with Gasteiger partial charge in [-0.2, -0.15) is 10.2 Å². The predicted octanol–water partition coefficient (Wildman–Crippen LogP) is -0.148. The molecule has 0 amide bonds. The average Bonchev–Trinajstić information content (AvgIpc) is 2.54. The number of piperazine rings is 1. The van der Waals surface area contributed by atoms with Crippen LogP contribution in [0.25, 0.3) is 11.2 Å². The molecule has 1 aliphatic rings. The zero-order valence-electron chi connectivity index (χ0n) is 12.4. The molecule has 1 saturated heterocycles. The SMILES string of the molecule is CN1CCN(c2ncc3ncc(=O)n(CCC#N)c3n2)CC1. The van der Waals surface area contributed by atoms with Gasteiger partial charge in [0.25, 0.3) is 5.56 Å². The molecule has 0 aromatic carbocycles. The molecule has 0 radical (unpaired) electrons. The van der Waals surface area contributed by atoms with Crippen molar-refractivity contribution in [3.05, 3.63) is 22.7 Å². The number of nitriles is 1. The lowest BCUT2D eigenvalue weighted by atomic mass is 10.3. The Labute approximate surface area is 127 Å². The van der Waals surface area contributed by atoms with Crippen LogP contribution in [-0.2, 0) is 6.54 Å². The minimum atomic E-state index is -0.245. The quantitative estimate of drug-likeness (QED) is 0.778. The third-order valence-electron chi connectivity index (χ3n) is 3.81. The van der Waals surface area contributed by atoms with E-state index in [-0.39, 0.29) is 12.0 Å². The third kappa shape index (κ3) is 2.76. The summed E-state index contributed by atoms with van der Waals surface area (Å²) in [5.74, 6) is 0.610. The molecule has 0 spiro atoms. The van der Waals surface area contributed by atoms with Gasteiger partial charge in [0.15, 0.2) is 5.65 Å². The van der Waals surface area contributed by atoms with Gasteiger partial charge in [0.1, 0.15) is 5.52 Å². The van der Waals surface area contributed by atoms with E-state index in [1.54, 1.807) is 6.20 Å². The Balaban J connectivity index is 2.00. The van der Waals surface area contributed by atoms with Gasteiger partial charge >= 0.3 is 0 Å². The molecule has 1 aliphatic heterocycles. The van der Waals surface area contributed by atoms with Crippen LogP contribution in [-0.4, -0.2) is 57.6 Å². The van der Waals surface area contributed by atoms with Crippen LogP contribution in [0.3, 0.4) is 0 Å². The minimum absolute atomic E-state index is 0.245. The molecule has 0 unspecified atom stereocenters. The average molecular weight is 299 g/mol. The van der Waals surface area contributed by atoms with Crippen molar-refractivity contribution in [1.29, 1.82) is 5.26 Å². The highest BCUT2D eigenvalue weighted by Gasteiger charge is 2.17. The van der Waals surface area contributed by atoms with Gasteiger partial charge < -0.3 is 9.80 Å². The third-order valence-corrected chi connectivity index (χ3v) is 3.81. The van der Waals surface area contributed by atoms with Gasteiger partial charge in [-0.3, -0.25) is 9.36 Å². The van der Waals surface area contributed by atoms with E-state index in [0.717, 1.165) is 26.2 Å². The second-order valence-electron chi connectivity index (χ2n) is 5.33. The predicted molar refractivity (Wildman–Crippen MR) is 81.5 cm³/mol. The van der Waals surface area contributed by atoms with Crippen LogP contribution in [0.2, 0.25) is 0 Å². The molecule has 0 bridgehead atoms. The van der Waals surface area contributed by atoms with Crippen molar-refractivity contribution in [2.45, 2.75) is 13.0 Å². The highest BCUT2D eigenvalue weighted by molar-refractivity contribution is 5.70. The maximum Gasteiger partial charge on any atom is 0.270 e. The van der Waals surface area contributed by atoms with E-state index in [0.29, 0.717) is 23.7 Å². The molecule has 3 heterocycles. The number of rotatable bonds is 3. The van der Waals surface area contributed by atoms with E-state index in [9.17, 15) is 4.79 Å². The summed E-state index contributed by atoms with van der Waals surface area (Å²) in [6, 6.07) is 2.05. The summed E-state index contributed by atoms with van der Waals surface area (Å²) in [7, 11) is 2.09. The van der Waals surface area contributed by atoms with Crippen LogP contribution in [0.5, 0.6) is 0 Å². The van der Waals surface area contributed by atoms with E-state index in [2.05, 4.69) is 37.9 Å². The number of hydrogen-bond acceptors (Lipinski definition) is 7. The lowest BCUT2D eigenvalue weighted by Crippen LogP contribution is -2.45. The molecular formula is C14H17N7O. The highest BCUT2D eigenvalue weighted by Crippen LogP contribution is 2.14. The maximum atomic E-state index is 12.0. The molecule has 3 rings (SSSR count). The normalized spacial score (nSPS) is 15.9. The molecule has 2 aromatic rings. The standard InChI is InChI=1S/C14H17N7O/c1-19-5-7-20(8-6-19)14-17-9-11-13(18-14)21(4-2-3-15)12(22)10-16-11/h9-10H,2,4-8H2,1H3. The summed E-state index contributed by atoms with van der Waals surface area (Å²) < 4.78 is 1.49. The van der Waals surface area contributed by atoms with Crippen molar-refractivity contribution in [2.24, 2.45) is 0 Å². The van der Waals surface area contributed by atoms with Gasteiger partial charge in [-0.25, -0.2) is 9.97 Å². The van der Waals surface area contributed by atoms with Crippen LogP contribution in [0.1, 0.15) is 6.42 Å². The van der Waals surface area contributed by atoms with Gasteiger partial charge in [0.2, 0.25) is 5.95 Å². The number of nitrogens with zero attached hydrogens (tertiary/aromatic N) is 7. The molecule has 114 valence electrons. The number of anilines is 1. The molecule has 22 heavy (non-hydrogen) atoms. The van der Waals surface area contributed by atoms with Crippen LogP contribution < -0.4 is 10.5 Å². The second-order valence-corrected chi connectivity index (χ2v) is 5.33. The van der Waals surface area contributed by atoms with Gasteiger partial charge in [0.05, 0.1) is 24.9 Å². The van der Waals surface area contributed by atoms with Crippen LogP contribution in [0, 0.1) is 11.3 Å².